The largest absolute Gasteiger partial charge is 0.477 e. The molecule has 2 fully saturated rings. The number of aromatic nitrogens is 4. The number of fused-ring (bicyclic) bond motifs is 1. The summed E-state index contributed by atoms with van der Waals surface area (Å²) in [4.78, 5) is 38.7. The third-order valence-electron chi connectivity index (χ3n) is 6.16. The minimum absolute atomic E-state index is 0.0408. The third kappa shape index (κ3) is 5.34. The van der Waals surface area contributed by atoms with Gasteiger partial charge in [-0.3, -0.25) is 19.2 Å². The second-order valence-electron chi connectivity index (χ2n) is 8.88. The molecule has 0 unspecified atom stereocenters. The quantitative estimate of drug-likeness (QED) is 0.308. The second-order valence-corrected chi connectivity index (χ2v) is 13.2. The molecular weight excluding hydrogens is 633 g/mol. The second kappa shape index (κ2) is 10.5. The van der Waals surface area contributed by atoms with Crippen LogP contribution in [0.4, 0.5) is 13.2 Å². The van der Waals surface area contributed by atoms with Crippen LogP contribution in [-0.2, 0) is 27.1 Å². The number of β-lactam (4-membered cyclic amide) rings is 1. The van der Waals surface area contributed by atoms with E-state index in [0.29, 0.717) is 27.1 Å². The van der Waals surface area contributed by atoms with E-state index in [1.165, 1.54) is 44.4 Å². The highest BCUT2D eigenvalue weighted by Gasteiger charge is 2.54. The molecule has 10 nitrogen and oxygen atoms in total. The molecule has 2 aromatic rings. The number of aryl methyl sites for hydroxylation is 2. The van der Waals surface area contributed by atoms with Gasteiger partial charge in [-0.25, -0.2) is 4.79 Å². The number of thioether (sulfide) groups is 2. The maximum absolute atomic E-state index is 13.3. The zero-order valence-electron chi connectivity index (χ0n) is 19.6. The molecule has 5 rings (SSSR count). The molecule has 3 aliphatic rings. The molecule has 2 N–H and O–H groups in total. The first-order valence-electron chi connectivity index (χ1n) is 11.4. The molecule has 4 heterocycles. The molecule has 0 aromatic carbocycles. The molecule has 1 saturated carbocycles. The molecule has 1 saturated heterocycles. The van der Waals surface area contributed by atoms with Crippen molar-refractivity contribution in [1.82, 2.24) is 30.2 Å². The van der Waals surface area contributed by atoms with Crippen LogP contribution in [0.2, 0.25) is 0 Å². The van der Waals surface area contributed by atoms with Gasteiger partial charge in [0.25, 0.3) is 5.91 Å². The molecule has 204 valence electrons. The van der Waals surface area contributed by atoms with E-state index in [1.807, 2.05) is 6.92 Å². The van der Waals surface area contributed by atoms with Crippen molar-refractivity contribution in [2.75, 3.05) is 11.5 Å². The fourth-order valence-electron chi connectivity index (χ4n) is 4.28. The van der Waals surface area contributed by atoms with Crippen LogP contribution in [0.15, 0.2) is 20.1 Å². The maximum Gasteiger partial charge on any atom is 0.436 e. The standard InChI is InChI=1S/C21H20BrF3N6O4S3/c1-8-27-28-20(38-8)37-7-10-6-36-18-13(17(33)31(18)15(10)19(34)35)26-11(32)4-5-30-14(9-2-3-9)12(22)16(29-30)21(23,24)25/h9,13,18H,2-7H2,1H3,(H,26,32)(H,34,35)/t13-,18-/m0/s1. The molecule has 2 amide bonds. The van der Waals surface area contributed by atoms with Crippen LogP contribution in [0.3, 0.4) is 0 Å². The topological polar surface area (TPSA) is 130 Å². The lowest BCUT2D eigenvalue weighted by Gasteiger charge is -2.49. The number of amides is 2. The van der Waals surface area contributed by atoms with Crippen LogP contribution in [0.5, 0.6) is 0 Å². The van der Waals surface area contributed by atoms with Crippen LogP contribution >= 0.6 is 50.8 Å². The van der Waals surface area contributed by atoms with E-state index in [2.05, 4.69) is 36.5 Å². The zero-order valence-corrected chi connectivity index (χ0v) is 23.7. The third-order valence-corrected chi connectivity index (χ3v) is 10.3. The summed E-state index contributed by atoms with van der Waals surface area (Å²) in [7, 11) is 0. The lowest BCUT2D eigenvalue weighted by atomic mass is 10.0. The predicted molar refractivity (Wildman–Crippen MR) is 137 cm³/mol. The normalized spacial score (nSPS) is 21.4. The first kappa shape index (κ1) is 27.5. The number of hydrogen-bond acceptors (Lipinski definition) is 9. The summed E-state index contributed by atoms with van der Waals surface area (Å²) < 4.78 is 41.8. The number of rotatable bonds is 9. The van der Waals surface area contributed by atoms with E-state index >= 15 is 0 Å². The van der Waals surface area contributed by atoms with Crippen molar-refractivity contribution in [3.8, 4) is 0 Å². The lowest BCUT2D eigenvalue weighted by Crippen LogP contribution is -2.70. The van der Waals surface area contributed by atoms with E-state index in [-0.39, 0.29) is 29.1 Å². The molecule has 17 heteroatoms. The number of carbonyl (C=O) groups is 3. The predicted octanol–water partition coefficient (Wildman–Crippen LogP) is 3.62. The molecule has 2 atom stereocenters. The number of halogens is 4. The SMILES string of the molecule is Cc1nnc(SCC2=C(C(=O)O)N3C(=O)[C@H](NC(=O)CCn4nc(C(F)(F)F)c(Br)c4C4CC4)[C@@H]3SC2)s1. The van der Waals surface area contributed by atoms with Gasteiger partial charge in [-0.15, -0.1) is 22.0 Å². The number of hydrogen-bond donors (Lipinski definition) is 2. The van der Waals surface area contributed by atoms with Crippen molar-refractivity contribution in [2.45, 2.75) is 60.6 Å². The Morgan fingerprint density at radius 1 is 1.29 bits per heavy atom. The number of nitrogens with zero attached hydrogens (tertiary/aromatic N) is 5. The minimum atomic E-state index is -4.63. The molecular formula is C21H20BrF3N6O4S3. The Morgan fingerprint density at radius 3 is 2.63 bits per heavy atom. The maximum atomic E-state index is 13.3. The highest BCUT2D eigenvalue weighted by Crippen LogP contribution is 2.47. The molecule has 0 spiro atoms. The smallest absolute Gasteiger partial charge is 0.436 e. The molecule has 38 heavy (non-hydrogen) atoms. The van der Waals surface area contributed by atoms with Crippen molar-refractivity contribution < 1.29 is 32.7 Å². The van der Waals surface area contributed by atoms with Crippen LogP contribution in [0, 0.1) is 6.92 Å². The van der Waals surface area contributed by atoms with Crippen LogP contribution < -0.4 is 5.32 Å². The number of carboxylic acids is 1. The van der Waals surface area contributed by atoms with E-state index in [1.54, 1.807) is 0 Å². The van der Waals surface area contributed by atoms with Crippen molar-refractivity contribution in [1.29, 1.82) is 0 Å². The van der Waals surface area contributed by atoms with Gasteiger partial charge in [0.1, 0.15) is 22.1 Å². The summed E-state index contributed by atoms with van der Waals surface area (Å²) in [5, 5.41) is 24.3. The Kier molecular flexibility index (Phi) is 7.56. The van der Waals surface area contributed by atoms with Crippen molar-refractivity contribution in [3.05, 3.63) is 32.1 Å². The van der Waals surface area contributed by atoms with Gasteiger partial charge in [0.2, 0.25) is 5.91 Å². The molecule has 2 aliphatic heterocycles. The summed E-state index contributed by atoms with van der Waals surface area (Å²) >= 11 is 7.11. The van der Waals surface area contributed by atoms with Crippen LogP contribution in [-0.4, -0.2) is 70.7 Å². The molecule has 1 aliphatic carbocycles. The molecule has 0 radical (unpaired) electrons. The van der Waals surface area contributed by atoms with Crippen LogP contribution in [0.1, 0.15) is 41.6 Å². The Bertz CT molecular complexity index is 1340. The number of nitrogens with one attached hydrogen (secondary N) is 1. The first-order valence-corrected chi connectivity index (χ1v) is 15.1. The average Bonchev–Trinajstić information content (AvgIpc) is 3.50. The Morgan fingerprint density at radius 2 is 2.03 bits per heavy atom. The van der Waals surface area contributed by atoms with E-state index in [0.717, 1.165) is 17.8 Å². The van der Waals surface area contributed by atoms with Gasteiger partial charge < -0.3 is 10.4 Å². The summed E-state index contributed by atoms with van der Waals surface area (Å²) in [6, 6.07) is -0.917. The minimum Gasteiger partial charge on any atom is -0.477 e. The number of aliphatic carboxylic acids is 1. The van der Waals surface area contributed by atoms with Gasteiger partial charge in [0, 0.05) is 23.8 Å². The van der Waals surface area contributed by atoms with Gasteiger partial charge in [-0.2, -0.15) is 18.3 Å². The van der Waals surface area contributed by atoms with Gasteiger partial charge in [0.15, 0.2) is 10.0 Å². The Labute approximate surface area is 234 Å². The van der Waals surface area contributed by atoms with Crippen molar-refractivity contribution in [3.63, 3.8) is 0 Å². The first-order chi connectivity index (χ1) is 18.0. The average molecular weight is 654 g/mol. The van der Waals surface area contributed by atoms with Gasteiger partial charge in [-0.05, 0) is 41.3 Å². The number of alkyl halides is 3. The fraction of sp³-hybridized carbons (Fsp3) is 0.524. The van der Waals surface area contributed by atoms with Crippen LogP contribution in [0.25, 0.3) is 0 Å². The Hall–Kier alpha value is -2.11. The fourth-order valence-corrected chi connectivity index (χ4v) is 8.42. The Balaban J connectivity index is 1.22. The summed E-state index contributed by atoms with van der Waals surface area (Å²) in [6.45, 7) is 1.74. The number of carboxylic acid groups (broad SMARTS) is 1. The van der Waals surface area contributed by atoms with Gasteiger partial charge in [0.05, 0.1) is 16.7 Å². The van der Waals surface area contributed by atoms with E-state index in [4.69, 9.17) is 0 Å². The summed E-state index contributed by atoms with van der Waals surface area (Å²) in [5.74, 6) is -1.64. The molecule has 0 bridgehead atoms. The number of carbonyl (C=O) groups excluding carboxylic acids is 2. The van der Waals surface area contributed by atoms with Gasteiger partial charge >= 0.3 is 12.1 Å². The van der Waals surface area contributed by atoms with Crippen molar-refractivity contribution in [2.24, 2.45) is 0 Å². The van der Waals surface area contributed by atoms with E-state index in [9.17, 15) is 32.7 Å². The highest BCUT2D eigenvalue weighted by atomic mass is 79.9. The monoisotopic (exact) mass is 652 g/mol. The lowest BCUT2D eigenvalue weighted by molar-refractivity contribution is -0.150. The zero-order chi connectivity index (χ0) is 27.4. The van der Waals surface area contributed by atoms with Crippen molar-refractivity contribution >= 4 is 68.6 Å². The summed E-state index contributed by atoms with van der Waals surface area (Å²) in [5.41, 5.74) is -0.115. The molecule has 2 aromatic heterocycles. The van der Waals surface area contributed by atoms with E-state index < -0.39 is 41.1 Å². The highest BCUT2D eigenvalue weighted by molar-refractivity contribution is 9.10. The van der Waals surface area contributed by atoms with Gasteiger partial charge in [-0.1, -0.05) is 23.1 Å². The summed E-state index contributed by atoms with van der Waals surface area (Å²) in [6.07, 6.45) is -3.31.